The van der Waals surface area contributed by atoms with Crippen LogP contribution in [0.1, 0.15) is 53.8 Å². The van der Waals surface area contributed by atoms with Gasteiger partial charge in [0.2, 0.25) is 5.91 Å². The summed E-state index contributed by atoms with van der Waals surface area (Å²) in [6.07, 6.45) is -5.24. The number of carbonyl (C=O) groups excluding carboxylic acids is 4. The molecule has 12 heteroatoms. The van der Waals surface area contributed by atoms with Gasteiger partial charge in [0, 0.05) is 6.54 Å². The first-order valence-electron chi connectivity index (χ1n) is 13.3. The minimum atomic E-state index is -5.04. The van der Waals surface area contributed by atoms with Gasteiger partial charge in [0.1, 0.15) is 24.6 Å². The Balaban J connectivity index is 1.39. The molecule has 0 bridgehead atoms. The summed E-state index contributed by atoms with van der Waals surface area (Å²) in [5.74, 6) is -3.52. The van der Waals surface area contributed by atoms with E-state index in [0.29, 0.717) is 24.9 Å². The lowest BCUT2D eigenvalue weighted by Crippen LogP contribution is -2.46. The van der Waals surface area contributed by atoms with Crippen LogP contribution in [0.25, 0.3) is 0 Å². The van der Waals surface area contributed by atoms with Crippen molar-refractivity contribution < 1.29 is 46.6 Å². The second-order valence-corrected chi connectivity index (χ2v) is 10.3. The normalized spacial score (nSPS) is 20.5. The molecule has 2 fully saturated rings. The van der Waals surface area contributed by atoms with Crippen molar-refractivity contribution in [1.29, 1.82) is 0 Å². The highest BCUT2D eigenvalue weighted by molar-refractivity contribution is 5.90. The Morgan fingerprint density at radius 3 is 2.37 bits per heavy atom. The zero-order valence-electron chi connectivity index (χ0n) is 22.6. The topological polar surface area (TPSA) is 111 Å². The molecule has 1 N–H and O–H groups in total. The average molecular weight is 577 g/mol. The minimum Gasteiger partial charge on any atom is -0.484 e. The molecule has 4 rings (SSSR count). The van der Waals surface area contributed by atoms with Crippen molar-refractivity contribution in [2.24, 2.45) is 5.92 Å². The molecule has 2 unspecified atom stereocenters. The van der Waals surface area contributed by atoms with Crippen molar-refractivity contribution in [3.63, 3.8) is 0 Å². The van der Waals surface area contributed by atoms with E-state index < -0.39 is 48.2 Å². The second kappa shape index (κ2) is 12.6. The summed E-state index contributed by atoms with van der Waals surface area (Å²) in [7, 11) is 0. The maximum Gasteiger partial charge on any atom is 0.471 e. The molecule has 2 amide bonds. The van der Waals surface area contributed by atoms with Crippen LogP contribution in [-0.4, -0.2) is 66.7 Å². The van der Waals surface area contributed by atoms with Crippen molar-refractivity contribution in [2.45, 2.75) is 57.5 Å². The van der Waals surface area contributed by atoms with E-state index in [1.807, 2.05) is 12.2 Å². The van der Waals surface area contributed by atoms with E-state index in [4.69, 9.17) is 14.2 Å². The van der Waals surface area contributed by atoms with Gasteiger partial charge in [-0.1, -0.05) is 29.8 Å². The number of cyclic esters (lactones) is 1. The van der Waals surface area contributed by atoms with E-state index >= 15 is 0 Å². The number of halogens is 3. The van der Waals surface area contributed by atoms with Crippen LogP contribution in [-0.2, 0) is 23.9 Å². The van der Waals surface area contributed by atoms with Crippen LogP contribution >= 0.6 is 0 Å². The molecule has 2 saturated heterocycles. The van der Waals surface area contributed by atoms with Crippen molar-refractivity contribution in [3.8, 4) is 5.75 Å². The molecule has 0 aromatic heterocycles. The largest absolute Gasteiger partial charge is 0.484 e. The Bertz CT molecular complexity index is 1260. The first kappa shape index (κ1) is 29.9. The van der Waals surface area contributed by atoms with Gasteiger partial charge < -0.3 is 24.4 Å². The van der Waals surface area contributed by atoms with E-state index in [-0.39, 0.29) is 36.8 Å². The highest BCUT2D eigenvalue weighted by Crippen LogP contribution is 2.28. The average Bonchev–Trinajstić information content (AvgIpc) is 3.38. The van der Waals surface area contributed by atoms with Crippen molar-refractivity contribution >= 4 is 23.8 Å². The molecule has 0 spiro atoms. The van der Waals surface area contributed by atoms with E-state index in [9.17, 15) is 32.3 Å². The van der Waals surface area contributed by atoms with Gasteiger partial charge >= 0.3 is 24.0 Å². The molecule has 0 radical (unpaired) electrons. The van der Waals surface area contributed by atoms with Gasteiger partial charge in [-0.3, -0.25) is 14.4 Å². The highest BCUT2D eigenvalue weighted by atomic mass is 19.4. The Morgan fingerprint density at radius 1 is 1.07 bits per heavy atom. The highest BCUT2D eigenvalue weighted by Gasteiger charge is 2.40. The van der Waals surface area contributed by atoms with Crippen LogP contribution in [0.4, 0.5) is 13.2 Å². The van der Waals surface area contributed by atoms with Crippen LogP contribution in [0.2, 0.25) is 0 Å². The first-order valence-corrected chi connectivity index (χ1v) is 13.3. The van der Waals surface area contributed by atoms with Gasteiger partial charge in [-0.05, 0) is 56.5 Å². The fraction of sp³-hybridized carbons (Fsp3) is 0.448. The fourth-order valence-electron chi connectivity index (χ4n) is 4.78. The number of likely N-dealkylation sites (tertiary alicyclic amines) is 1. The van der Waals surface area contributed by atoms with Crippen LogP contribution in [0.15, 0.2) is 48.5 Å². The number of piperidine rings is 1. The summed E-state index contributed by atoms with van der Waals surface area (Å²) in [4.78, 5) is 50.0. The molecule has 220 valence electrons. The number of nitrogens with one attached hydrogen (secondary N) is 1. The molecule has 41 heavy (non-hydrogen) atoms. The molecule has 2 heterocycles. The molecule has 2 aromatic rings. The van der Waals surface area contributed by atoms with Gasteiger partial charge in [0.15, 0.2) is 0 Å². The molecule has 4 atom stereocenters. The number of alkyl halides is 3. The summed E-state index contributed by atoms with van der Waals surface area (Å²) >= 11 is 0. The number of rotatable bonds is 8. The number of aryl methyl sites for hydroxylation is 1. The van der Waals surface area contributed by atoms with Crippen LogP contribution in [0, 0.1) is 12.8 Å². The minimum absolute atomic E-state index is 0.0481. The number of hydrogen-bond donors (Lipinski definition) is 1. The lowest BCUT2D eigenvalue weighted by Gasteiger charge is -2.33. The maximum atomic E-state index is 12.9. The van der Waals surface area contributed by atoms with Crippen molar-refractivity contribution in [1.82, 2.24) is 10.2 Å². The van der Waals surface area contributed by atoms with Gasteiger partial charge in [-0.2, -0.15) is 13.2 Å². The Kier molecular flexibility index (Phi) is 9.19. The first-order chi connectivity index (χ1) is 19.4. The third-order valence-electron chi connectivity index (χ3n) is 7.00. The molecule has 2 aromatic carbocycles. The number of benzene rings is 2. The van der Waals surface area contributed by atoms with Gasteiger partial charge in [-0.25, -0.2) is 4.79 Å². The van der Waals surface area contributed by atoms with E-state index in [1.165, 1.54) is 31.2 Å². The third kappa shape index (κ3) is 7.77. The summed E-state index contributed by atoms with van der Waals surface area (Å²) < 4.78 is 55.1. The summed E-state index contributed by atoms with van der Waals surface area (Å²) in [5.41, 5.74) is 1.72. The summed E-state index contributed by atoms with van der Waals surface area (Å²) in [6.45, 7) is 4.06. The molecular weight excluding hydrogens is 545 g/mol. The predicted molar refractivity (Wildman–Crippen MR) is 139 cm³/mol. The summed E-state index contributed by atoms with van der Waals surface area (Å²) in [6, 6.07) is 11.9. The van der Waals surface area contributed by atoms with Crippen LogP contribution < -0.4 is 10.1 Å². The van der Waals surface area contributed by atoms with Crippen molar-refractivity contribution in [3.05, 3.63) is 65.2 Å². The maximum absolute atomic E-state index is 12.9. The monoisotopic (exact) mass is 576 g/mol. The fourth-order valence-corrected chi connectivity index (χ4v) is 4.78. The quantitative estimate of drug-likeness (QED) is 0.475. The smallest absolute Gasteiger partial charge is 0.471 e. The number of amides is 2. The lowest BCUT2D eigenvalue weighted by atomic mass is 10.0. The Morgan fingerprint density at radius 2 is 1.76 bits per heavy atom. The SMILES string of the molecule is Cc1ccc(C(Oc2ccc(C(=O)O[C@H]3CCCN(C(=O)[C@H]4COC(=O)C4)C3)cc2)C(C)NC(=O)C(F)(F)F)cc1. The molecule has 0 saturated carbocycles. The molecular formula is C29H31F3N2O7. The zero-order valence-corrected chi connectivity index (χ0v) is 22.6. The molecule has 0 aliphatic carbocycles. The standard InChI is InChI=1S/C29H31F3N2O7/c1-17-5-7-19(8-6-17)25(18(2)33-28(38)29(30,31)32)40-22-11-9-20(10-12-22)27(37)41-23-4-3-13-34(15-23)26(36)21-14-24(35)39-16-21/h5-12,18,21,23,25H,3-4,13-16H2,1-2H3,(H,33,38)/t18?,21-,23+,25?/m1/s1. The number of hydrogen-bond acceptors (Lipinski definition) is 7. The number of esters is 2. The van der Waals surface area contributed by atoms with Gasteiger partial charge in [0.05, 0.1) is 30.5 Å². The molecule has 9 nitrogen and oxygen atoms in total. The molecule has 2 aliphatic heterocycles. The third-order valence-corrected chi connectivity index (χ3v) is 7.00. The number of nitrogens with zero attached hydrogens (tertiary/aromatic N) is 1. The van der Waals surface area contributed by atoms with Crippen LogP contribution in [0.5, 0.6) is 5.75 Å². The van der Waals surface area contributed by atoms with E-state index in [1.54, 1.807) is 29.2 Å². The second-order valence-electron chi connectivity index (χ2n) is 10.3. The van der Waals surface area contributed by atoms with Gasteiger partial charge in [-0.15, -0.1) is 0 Å². The molecule has 2 aliphatic rings. The number of carbonyl (C=O) groups is 4. The zero-order chi connectivity index (χ0) is 29.7. The number of ether oxygens (including phenoxy) is 3. The van der Waals surface area contributed by atoms with Crippen LogP contribution in [0.3, 0.4) is 0 Å². The van der Waals surface area contributed by atoms with E-state index in [2.05, 4.69) is 0 Å². The Hall–Kier alpha value is -4.09. The van der Waals surface area contributed by atoms with E-state index in [0.717, 1.165) is 5.56 Å². The summed E-state index contributed by atoms with van der Waals surface area (Å²) in [5, 5.41) is 1.95. The lowest BCUT2D eigenvalue weighted by molar-refractivity contribution is -0.174. The van der Waals surface area contributed by atoms with Crippen molar-refractivity contribution in [2.75, 3.05) is 19.7 Å². The Labute approximate surface area is 234 Å². The predicted octanol–water partition coefficient (Wildman–Crippen LogP) is 3.89. The van der Waals surface area contributed by atoms with Gasteiger partial charge in [0.25, 0.3) is 0 Å².